The first-order valence-corrected chi connectivity index (χ1v) is 8.05. The van der Waals surface area contributed by atoms with Gasteiger partial charge in [-0.15, -0.1) is 0 Å². The lowest BCUT2D eigenvalue weighted by Gasteiger charge is -2.15. The van der Waals surface area contributed by atoms with E-state index < -0.39 is 11.9 Å². The van der Waals surface area contributed by atoms with Crippen molar-refractivity contribution < 1.29 is 13.2 Å². The van der Waals surface area contributed by atoms with Crippen LogP contribution in [0.3, 0.4) is 0 Å². The number of alkyl halides is 3. The van der Waals surface area contributed by atoms with Crippen LogP contribution in [0.4, 0.5) is 13.2 Å². The minimum Gasteiger partial charge on any atom is -0.351 e. The maximum Gasteiger partial charge on any atom is 0.431 e. The topological polar surface area (TPSA) is 53.6 Å². The van der Waals surface area contributed by atoms with Crippen molar-refractivity contribution in [3.8, 4) is 0 Å². The highest BCUT2D eigenvalue weighted by Crippen LogP contribution is 2.35. The predicted octanol–water partition coefficient (Wildman–Crippen LogP) is 4.18. The summed E-state index contributed by atoms with van der Waals surface area (Å²) in [6, 6.07) is 6.76. The third kappa shape index (κ3) is 3.66. The number of nitrogens with zero attached hydrogens (tertiary/aromatic N) is 2. The zero-order chi connectivity index (χ0) is 18.0. The molecule has 1 unspecified atom stereocenters. The first-order valence-electron chi connectivity index (χ1n) is 8.05. The van der Waals surface area contributed by atoms with Gasteiger partial charge in [0.1, 0.15) is 5.69 Å². The molecule has 2 heterocycles. The first-order chi connectivity index (χ1) is 11.9. The third-order valence-electron chi connectivity index (χ3n) is 4.25. The number of hydrogen-bond donors (Lipinski definition) is 2. The SMILES string of the molecule is Cc1nccnc1C(C)NCCc1c(C(F)(F)F)[nH]c2ccccc12. The number of halogens is 3. The van der Waals surface area contributed by atoms with Crippen LogP contribution >= 0.6 is 0 Å². The molecule has 0 aliphatic heterocycles. The fraction of sp³-hybridized carbons (Fsp3) is 0.333. The average Bonchev–Trinajstić information content (AvgIpc) is 2.94. The second-order valence-electron chi connectivity index (χ2n) is 5.97. The molecule has 0 spiro atoms. The van der Waals surface area contributed by atoms with Crippen molar-refractivity contribution in [2.45, 2.75) is 32.5 Å². The molecule has 0 fully saturated rings. The normalized spacial score (nSPS) is 13.3. The molecule has 132 valence electrons. The van der Waals surface area contributed by atoms with Gasteiger partial charge in [-0.1, -0.05) is 18.2 Å². The molecule has 2 aromatic heterocycles. The van der Waals surface area contributed by atoms with Crippen molar-refractivity contribution in [2.24, 2.45) is 0 Å². The Morgan fingerprint density at radius 1 is 1.16 bits per heavy atom. The zero-order valence-electron chi connectivity index (χ0n) is 14.0. The molecule has 0 bridgehead atoms. The molecule has 1 atom stereocenters. The van der Waals surface area contributed by atoms with Crippen LogP contribution in [0.5, 0.6) is 0 Å². The quantitative estimate of drug-likeness (QED) is 0.727. The fourth-order valence-electron chi connectivity index (χ4n) is 3.06. The monoisotopic (exact) mass is 348 g/mol. The smallest absolute Gasteiger partial charge is 0.351 e. The van der Waals surface area contributed by atoms with Crippen molar-refractivity contribution in [1.82, 2.24) is 20.3 Å². The Labute approximate surface area is 143 Å². The highest BCUT2D eigenvalue weighted by Gasteiger charge is 2.36. The predicted molar refractivity (Wildman–Crippen MR) is 90.2 cm³/mol. The van der Waals surface area contributed by atoms with Crippen LogP contribution in [0.1, 0.15) is 35.6 Å². The Morgan fingerprint density at radius 2 is 1.88 bits per heavy atom. The number of aryl methyl sites for hydroxylation is 1. The van der Waals surface area contributed by atoms with Crippen LogP contribution in [-0.2, 0) is 12.6 Å². The molecule has 4 nitrogen and oxygen atoms in total. The molecular weight excluding hydrogens is 329 g/mol. The summed E-state index contributed by atoms with van der Waals surface area (Å²) in [5.41, 5.74) is 1.74. The number of aromatic nitrogens is 3. The van der Waals surface area contributed by atoms with Crippen LogP contribution in [-0.4, -0.2) is 21.5 Å². The van der Waals surface area contributed by atoms with Gasteiger partial charge in [0.15, 0.2) is 0 Å². The number of para-hydroxylation sites is 1. The Balaban J connectivity index is 1.78. The van der Waals surface area contributed by atoms with E-state index in [1.807, 2.05) is 13.8 Å². The van der Waals surface area contributed by atoms with Crippen molar-refractivity contribution in [2.75, 3.05) is 6.54 Å². The van der Waals surface area contributed by atoms with Gasteiger partial charge in [0, 0.05) is 29.3 Å². The van der Waals surface area contributed by atoms with Gasteiger partial charge in [-0.3, -0.25) is 9.97 Å². The number of nitrogens with one attached hydrogen (secondary N) is 2. The van der Waals surface area contributed by atoms with E-state index in [-0.39, 0.29) is 12.5 Å². The molecule has 0 saturated carbocycles. The molecule has 0 radical (unpaired) electrons. The number of benzene rings is 1. The Morgan fingerprint density at radius 3 is 2.60 bits per heavy atom. The molecule has 3 aromatic rings. The van der Waals surface area contributed by atoms with Gasteiger partial charge in [0.25, 0.3) is 0 Å². The lowest BCUT2D eigenvalue weighted by molar-refractivity contribution is -0.141. The van der Waals surface area contributed by atoms with E-state index in [1.54, 1.807) is 36.7 Å². The van der Waals surface area contributed by atoms with Crippen LogP contribution in [0, 0.1) is 6.92 Å². The summed E-state index contributed by atoms with van der Waals surface area (Å²) in [6.45, 7) is 4.20. The van der Waals surface area contributed by atoms with Gasteiger partial charge in [-0.2, -0.15) is 13.2 Å². The summed E-state index contributed by atoms with van der Waals surface area (Å²) < 4.78 is 40.0. The molecule has 7 heteroatoms. The van der Waals surface area contributed by atoms with Gasteiger partial charge in [-0.25, -0.2) is 0 Å². The highest BCUT2D eigenvalue weighted by molar-refractivity contribution is 5.84. The molecule has 0 aliphatic carbocycles. The van der Waals surface area contributed by atoms with Crippen LogP contribution in [0.25, 0.3) is 10.9 Å². The molecule has 0 amide bonds. The van der Waals surface area contributed by atoms with E-state index in [0.717, 1.165) is 11.4 Å². The van der Waals surface area contributed by atoms with Crippen molar-refractivity contribution in [3.05, 3.63) is 59.3 Å². The average molecular weight is 348 g/mol. The molecular formula is C18H19F3N4. The van der Waals surface area contributed by atoms with Crippen LogP contribution in [0.2, 0.25) is 0 Å². The van der Waals surface area contributed by atoms with Gasteiger partial charge in [0.05, 0.1) is 11.4 Å². The number of H-pyrrole nitrogens is 1. The minimum absolute atomic E-state index is 0.0896. The van der Waals surface area contributed by atoms with Gasteiger partial charge in [0.2, 0.25) is 0 Å². The van der Waals surface area contributed by atoms with E-state index in [0.29, 0.717) is 23.0 Å². The zero-order valence-corrected chi connectivity index (χ0v) is 14.0. The third-order valence-corrected chi connectivity index (χ3v) is 4.25. The highest BCUT2D eigenvalue weighted by atomic mass is 19.4. The number of rotatable bonds is 5. The molecule has 1 aromatic carbocycles. The van der Waals surface area contributed by atoms with Gasteiger partial charge in [-0.05, 0) is 38.4 Å². The Kier molecular flexibility index (Phi) is 4.76. The summed E-state index contributed by atoms with van der Waals surface area (Å²) in [5, 5.41) is 3.85. The van der Waals surface area contributed by atoms with E-state index in [9.17, 15) is 13.2 Å². The number of hydrogen-bond acceptors (Lipinski definition) is 3. The second-order valence-corrected chi connectivity index (χ2v) is 5.97. The lowest BCUT2D eigenvalue weighted by atomic mass is 10.1. The largest absolute Gasteiger partial charge is 0.431 e. The number of fused-ring (bicyclic) bond motifs is 1. The summed E-state index contributed by atoms with van der Waals surface area (Å²) in [5.74, 6) is 0. The molecule has 0 saturated heterocycles. The summed E-state index contributed by atoms with van der Waals surface area (Å²) in [4.78, 5) is 11.0. The van der Waals surface area contributed by atoms with Crippen LogP contribution in [0.15, 0.2) is 36.7 Å². The van der Waals surface area contributed by atoms with Crippen molar-refractivity contribution in [3.63, 3.8) is 0 Å². The Hall–Kier alpha value is -2.41. The van der Waals surface area contributed by atoms with Gasteiger partial charge < -0.3 is 10.3 Å². The first kappa shape index (κ1) is 17.4. The van der Waals surface area contributed by atoms with E-state index >= 15 is 0 Å². The summed E-state index contributed by atoms with van der Waals surface area (Å²) >= 11 is 0. The Bertz CT molecular complexity index is 870. The lowest BCUT2D eigenvalue weighted by Crippen LogP contribution is -2.24. The molecule has 2 N–H and O–H groups in total. The maximum atomic E-state index is 13.3. The standard InChI is InChI=1S/C18H19F3N4/c1-11(16-12(2)23-9-10-24-16)22-8-7-14-13-5-3-4-6-15(13)25-17(14)18(19,20)21/h3-6,9-11,22,25H,7-8H2,1-2H3. The van der Waals surface area contributed by atoms with E-state index in [4.69, 9.17) is 0 Å². The van der Waals surface area contributed by atoms with E-state index in [2.05, 4.69) is 20.3 Å². The molecule has 3 rings (SSSR count). The van der Waals surface area contributed by atoms with Crippen LogP contribution < -0.4 is 5.32 Å². The summed E-state index contributed by atoms with van der Waals surface area (Å²) in [7, 11) is 0. The molecule has 0 aliphatic rings. The van der Waals surface area contributed by atoms with E-state index in [1.165, 1.54) is 0 Å². The van der Waals surface area contributed by atoms with Crippen molar-refractivity contribution in [1.29, 1.82) is 0 Å². The molecule has 25 heavy (non-hydrogen) atoms. The number of aromatic amines is 1. The minimum atomic E-state index is -4.40. The summed E-state index contributed by atoms with van der Waals surface area (Å²) in [6.07, 6.45) is -0.904. The second kappa shape index (κ2) is 6.84. The van der Waals surface area contributed by atoms with Crippen molar-refractivity contribution >= 4 is 10.9 Å². The maximum absolute atomic E-state index is 13.3. The fourth-order valence-corrected chi connectivity index (χ4v) is 3.06. The van der Waals surface area contributed by atoms with Gasteiger partial charge >= 0.3 is 6.18 Å².